The van der Waals surface area contributed by atoms with Crippen molar-refractivity contribution in [2.24, 2.45) is 0 Å². The molecule has 0 aliphatic carbocycles. The van der Waals surface area contributed by atoms with Crippen LogP contribution < -0.4 is 14.8 Å². The molecule has 0 saturated carbocycles. The van der Waals surface area contributed by atoms with Gasteiger partial charge in [-0.15, -0.1) is 12.4 Å². The van der Waals surface area contributed by atoms with Gasteiger partial charge in [-0.3, -0.25) is 4.90 Å². The molecular weight excluding hydrogens is 400 g/mol. The van der Waals surface area contributed by atoms with Crippen LogP contribution in [0.25, 0.3) is 16.9 Å². The first-order valence-electron chi connectivity index (χ1n) is 10.00. The summed E-state index contributed by atoms with van der Waals surface area (Å²) in [6, 6.07) is 16.5. The zero-order valence-electron chi connectivity index (χ0n) is 17.7. The number of hydrogen-bond acceptors (Lipinski definition) is 5. The van der Waals surface area contributed by atoms with Gasteiger partial charge in [0.15, 0.2) is 0 Å². The van der Waals surface area contributed by atoms with E-state index in [1.807, 2.05) is 41.1 Å². The quantitative estimate of drug-likeness (QED) is 0.647. The van der Waals surface area contributed by atoms with Gasteiger partial charge in [0.25, 0.3) is 0 Å². The molecule has 1 N–H and O–H groups in total. The van der Waals surface area contributed by atoms with Crippen molar-refractivity contribution in [1.82, 2.24) is 20.0 Å². The normalized spacial score (nSPS) is 16.7. The lowest BCUT2D eigenvalue weighted by Crippen LogP contribution is -2.48. The van der Waals surface area contributed by atoms with Crippen molar-refractivity contribution in [1.29, 1.82) is 0 Å². The first-order valence-corrected chi connectivity index (χ1v) is 10.00. The number of ether oxygens (including phenoxy) is 2. The highest BCUT2D eigenvalue weighted by molar-refractivity contribution is 5.85. The number of nitrogens with zero attached hydrogens (tertiary/aromatic N) is 3. The minimum atomic E-state index is 0. The van der Waals surface area contributed by atoms with E-state index in [1.165, 1.54) is 5.56 Å². The fourth-order valence-corrected chi connectivity index (χ4v) is 3.86. The predicted octanol–water partition coefficient (Wildman–Crippen LogP) is 3.77. The molecule has 4 rings (SSSR count). The Labute approximate surface area is 184 Å². The summed E-state index contributed by atoms with van der Waals surface area (Å²) in [5.74, 6) is 1.58. The Morgan fingerprint density at radius 2 is 1.90 bits per heavy atom. The van der Waals surface area contributed by atoms with E-state index in [0.717, 1.165) is 54.6 Å². The zero-order chi connectivity index (χ0) is 20.2. The molecule has 0 unspecified atom stereocenters. The van der Waals surface area contributed by atoms with Gasteiger partial charge in [0.2, 0.25) is 0 Å². The van der Waals surface area contributed by atoms with E-state index in [1.54, 1.807) is 14.2 Å². The topological polar surface area (TPSA) is 51.6 Å². The third-order valence-corrected chi connectivity index (χ3v) is 5.32. The summed E-state index contributed by atoms with van der Waals surface area (Å²) >= 11 is 0. The first-order chi connectivity index (χ1) is 14.2. The van der Waals surface area contributed by atoms with Gasteiger partial charge in [-0.2, -0.15) is 5.10 Å². The predicted molar refractivity (Wildman–Crippen MR) is 122 cm³/mol. The Hall–Kier alpha value is -2.54. The van der Waals surface area contributed by atoms with Gasteiger partial charge in [0.1, 0.15) is 17.2 Å². The molecule has 0 radical (unpaired) electrons. The second-order valence-corrected chi connectivity index (χ2v) is 7.44. The van der Waals surface area contributed by atoms with Crippen LogP contribution in [0, 0.1) is 0 Å². The maximum atomic E-state index is 5.65. The molecule has 0 bridgehead atoms. The van der Waals surface area contributed by atoms with Crippen LogP contribution in [0.15, 0.2) is 54.7 Å². The largest absolute Gasteiger partial charge is 0.497 e. The Bertz CT molecular complexity index is 961. The number of benzene rings is 2. The Morgan fingerprint density at radius 3 is 2.60 bits per heavy atom. The summed E-state index contributed by atoms with van der Waals surface area (Å²) in [4.78, 5) is 2.48. The van der Waals surface area contributed by atoms with Crippen LogP contribution in [-0.2, 0) is 6.54 Å². The van der Waals surface area contributed by atoms with Crippen molar-refractivity contribution >= 4 is 12.4 Å². The molecule has 2 aromatic carbocycles. The Kier molecular flexibility index (Phi) is 7.37. The minimum absolute atomic E-state index is 0. The van der Waals surface area contributed by atoms with Crippen molar-refractivity contribution in [2.75, 3.05) is 33.9 Å². The Morgan fingerprint density at radius 1 is 1.10 bits per heavy atom. The number of rotatable bonds is 6. The molecule has 1 fully saturated rings. The SMILES string of the molecule is COc1ccc(OC)c(-c2nn(-c3ccccc3)cc2CN2CCN[C@H](C)C2)c1.Cl. The molecule has 3 aromatic rings. The fraction of sp³-hybridized carbons (Fsp3) is 0.348. The fourth-order valence-electron chi connectivity index (χ4n) is 3.86. The number of nitrogens with one attached hydrogen (secondary N) is 1. The third kappa shape index (κ3) is 4.78. The molecule has 1 aliphatic heterocycles. The lowest BCUT2D eigenvalue weighted by molar-refractivity contribution is 0.200. The van der Waals surface area contributed by atoms with Crippen LogP contribution >= 0.6 is 12.4 Å². The first kappa shape index (κ1) is 22.2. The molecule has 0 spiro atoms. The van der Waals surface area contributed by atoms with E-state index in [4.69, 9.17) is 14.6 Å². The molecule has 1 aromatic heterocycles. The average molecular weight is 429 g/mol. The van der Waals surface area contributed by atoms with E-state index in [9.17, 15) is 0 Å². The summed E-state index contributed by atoms with van der Waals surface area (Å²) < 4.78 is 13.1. The van der Waals surface area contributed by atoms with E-state index in [2.05, 4.69) is 35.5 Å². The number of piperazine rings is 1. The second kappa shape index (κ2) is 9.98. The summed E-state index contributed by atoms with van der Waals surface area (Å²) in [6.45, 7) is 6.12. The van der Waals surface area contributed by atoms with Crippen molar-refractivity contribution in [3.8, 4) is 28.4 Å². The van der Waals surface area contributed by atoms with Crippen LogP contribution in [-0.4, -0.2) is 54.6 Å². The van der Waals surface area contributed by atoms with E-state index < -0.39 is 0 Å². The number of halogens is 1. The molecular formula is C23H29ClN4O2. The lowest BCUT2D eigenvalue weighted by Gasteiger charge is -2.31. The van der Waals surface area contributed by atoms with Gasteiger partial charge < -0.3 is 14.8 Å². The van der Waals surface area contributed by atoms with E-state index in [-0.39, 0.29) is 12.4 Å². The maximum Gasteiger partial charge on any atom is 0.128 e. The van der Waals surface area contributed by atoms with Gasteiger partial charge in [-0.05, 0) is 37.3 Å². The van der Waals surface area contributed by atoms with Crippen molar-refractivity contribution in [2.45, 2.75) is 19.5 Å². The van der Waals surface area contributed by atoms with Crippen molar-refractivity contribution in [3.05, 3.63) is 60.3 Å². The highest BCUT2D eigenvalue weighted by Gasteiger charge is 2.21. The smallest absolute Gasteiger partial charge is 0.128 e. The lowest BCUT2D eigenvalue weighted by atomic mass is 10.1. The van der Waals surface area contributed by atoms with Crippen LogP contribution in [0.2, 0.25) is 0 Å². The monoisotopic (exact) mass is 428 g/mol. The van der Waals surface area contributed by atoms with Gasteiger partial charge in [0.05, 0.1) is 19.9 Å². The van der Waals surface area contributed by atoms with Gasteiger partial charge in [0, 0.05) is 49.5 Å². The van der Waals surface area contributed by atoms with Gasteiger partial charge in [-0.25, -0.2) is 4.68 Å². The standard InChI is InChI=1S/C23H28N4O2.ClH/c1-17-14-26(12-11-24-17)15-18-16-27(19-7-5-4-6-8-19)25-23(18)21-13-20(28-2)9-10-22(21)29-3;/h4-10,13,16-17,24H,11-12,14-15H2,1-3H3;1H/t17-;/m1./s1. The maximum absolute atomic E-state index is 5.65. The number of aromatic nitrogens is 2. The summed E-state index contributed by atoms with van der Waals surface area (Å²) in [6.07, 6.45) is 2.14. The molecule has 6 nitrogen and oxygen atoms in total. The molecule has 7 heteroatoms. The number of para-hydroxylation sites is 1. The van der Waals surface area contributed by atoms with E-state index in [0.29, 0.717) is 6.04 Å². The minimum Gasteiger partial charge on any atom is -0.497 e. The summed E-state index contributed by atoms with van der Waals surface area (Å²) in [5, 5.41) is 8.47. The average Bonchev–Trinajstić information content (AvgIpc) is 3.17. The van der Waals surface area contributed by atoms with Crippen LogP contribution in [0.3, 0.4) is 0 Å². The highest BCUT2D eigenvalue weighted by Crippen LogP contribution is 2.35. The molecule has 1 atom stereocenters. The van der Waals surface area contributed by atoms with Gasteiger partial charge in [-0.1, -0.05) is 18.2 Å². The number of methoxy groups -OCH3 is 2. The summed E-state index contributed by atoms with van der Waals surface area (Å²) in [5.41, 5.74) is 4.08. The van der Waals surface area contributed by atoms with E-state index >= 15 is 0 Å². The zero-order valence-corrected chi connectivity index (χ0v) is 18.5. The van der Waals surface area contributed by atoms with Crippen LogP contribution in [0.5, 0.6) is 11.5 Å². The molecule has 160 valence electrons. The van der Waals surface area contributed by atoms with Crippen molar-refractivity contribution < 1.29 is 9.47 Å². The third-order valence-electron chi connectivity index (χ3n) is 5.32. The van der Waals surface area contributed by atoms with Crippen molar-refractivity contribution in [3.63, 3.8) is 0 Å². The molecule has 0 amide bonds. The number of hydrogen-bond donors (Lipinski definition) is 1. The summed E-state index contributed by atoms with van der Waals surface area (Å²) in [7, 11) is 3.37. The highest BCUT2D eigenvalue weighted by atomic mass is 35.5. The molecule has 1 aliphatic rings. The van der Waals surface area contributed by atoms with Crippen LogP contribution in [0.4, 0.5) is 0 Å². The molecule has 1 saturated heterocycles. The molecule has 2 heterocycles. The second-order valence-electron chi connectivity index (χ2n) is 7.44. The van der Waals surface area contributed by atoms with Crippen LogP contribution in [0.1, 0.15) is 12.5 Å². The van der Waals surface area contributed by atoms with Gasteiger partial charge >= 0.3 is 0 Å². The Balaban J connectivity index is 0.00000256. The molecule has 30 heavy (non-hydrogen) atoms.